The summed E-state index contributed by atoms with van der Waals surface area (Å²) in [5.74, 6) is 0. The molecule has 2 nitrogen and oxygen atoms in total. The van der Waals surface area contributed by atoms with Gasteiger partial charge in [-0.15, -0.1) is 0 Å². The minimum absolute atomic E-state index is 0.0100. The number of aliphatic hydroxyl groups excluding tert-OH is 1. The summed E-state index contributed by atoms with van der Waals surface area (Å²) >= 11 is 0. The average Bonchev–Trinajstić information content (AvgIpc) is 2.35. The Morgan fingerprint density at radius 3 is 2.47 bits per heavy atom. The fourth-order valence-electron chi connectivity index (χ4n) is 1.64. The minimum Gasteiger partial charge on any atom is -0.392 e. The van der Waals surface area contributed by atoms with Crippen molar-refractivity contribution in [1.82, 2.24) is 0 Å². The first kappa shape index (κ1) is 18.1. The van der Waals surface area contributed by atoms with Crippen molar-refractivity contribution in [2.45, 2.75) is 59.5 Å². The standard InChI is InChI=1S/C17H30O2/c1-14(2)8-6-9-15(3)10-7-11-17(5)19-13-16(4)12-18/h8,10,17-18H,4,6-7,9,11-13H2,1-3,5H3/b15-10+. The van der Waals surface area contributed by atoms with Crippen LogP contribution < -0.4 is 0 Å². The Balaban J connectivity index is 3.75. The van der Waals surface area contributed by atoms with Gasteiger partial charge in [0.15, 0.2) is 0 Å². The molecule has 0 radical (unpaired) electrons. The Kier molecular flexibility index (Phi) is 10.5. The van der Waals surface area contributed by atoms with Crippen LogP contribution in [0.25, 0.3) is 0 Å². The van der Waals surface area contributed by atoms with Crippen molar-refractivity contribution in [1.29, 1.82) is 0 Å². The van der Waals surface area contributed by atoms with Gasteiger partial charge in [-0.05, 0) is 59.0 Å². The van der Waals surface area contributed by atoms with E-state index in [1.165, 1.54) is 11.1 Å². The first-order chi connectivity index (χ1) is 8.95. The summed E-state index contributed by atoms with van der Waals surface area (Å²) in [6.07, 6.45) is 9.13. The van der Waals surface area contributed by atoms with Crippen LogP contribution in [0.4, 0.5) is 0 Å². The van der Waals surface area contributed by atoms with Crippen molar-refractivity contribution < 1.29 is 9.84 Å². The fourth-order valence-corrected chi connectivity index (χ4v) is 1.64. The SMILES string of the molecule is C=C(CO)COC(C)CC/C=C(\C)CCC=C(C)C. The van der Waals surface area contributed by atoms with Gasteiger partial charge in [0.2, 0.25) is 0 Å². The molecule has 1 unspecified atom stereocenters. The van der Waals surface area contributed by atoms with E-state index in [1.54, 1.807) is 0 Å². The van der Waals surface area contributed by atoms with Crippen LogP contribution >= 0.6 is 0 Å². The average molecular weight is 266 g/mol. The van der Waals surface area contributed by atoms with E-state index in [0.29, 0.717) is 6.61 Å². The normalized spacial score (nSPS) is 13.2. The van der Waals surface area contributed by atoms with E-state index in [1.807, 2.05) is 0 Å². The molecule has 0 spiro atoms. The molecule has 2 heteroatoms. The van der Waals surface area contributed by atoms with Gasteiger partial charge in [0.25, 0.3) is 0 Å². The summed E-state index contributed by atoms with van der Waals surface area (Å²) < 4.78 is 5.59. The molecule has 0 aliphatic heterocycles. The molecule has 0 aromatic heterocycles. The second-order valence-corrected chi connectivity index (χ2v) is 5.48. The van der Waals surface area contributed by atoms with E-state index in [2.05, 4.69) is 46.4 Å². The Labute approximate surface area is 118 Å². The third kappa shape index (κ3) is 11.9. The van der Waals surface area contributed by atoms with Crippen molar-refractivity contribution in [2.24, 2.45) is 0 Å². The van der Waals surface area contributed by atoms with Crippen LogP contribution in [0.15, 0.2) is 35.5 Å². The number of hydrogen-bond acceptors (Lipinski definition) is 2. The van der Waals surface area contributed by atoms with Crippen LogP contribution in [0, 0.1) is 0 Å². The zero-order chi connectivity index (χ0) is 14.7. The van der Waals surface area contributed by atoms with Crippen molar-refractivity contribution in [3.05, 3.63) is 35.5 Å². The van der Waals surface area contributed by atoms with Crippen LogP contribution in [-0.2, 0) is 4.74 Å². The first-order valence-corrected chi connectivity index (χ1v) is 7.13. The molecule has 0 aromatic carbocycles. The number of hydrogen-bond donors (Lipinski definition) is 1. The second-order valence-electron chi connectivity index (χ2n) is 5.48. The zero-order valence-corrected chi connectivity index (χ0v) is 13.0. The Bertz CT molecular complexity index is 309. The molecule has 0 fully saturated rings. The maximum Gasteiger partial charge on any atom is 0.0699 e. The van der Waals surface area contributed by atoms with Crippen LogP contribution in [-0.4, -0.2) is 24.4 Å². The summed E-state index contributed by atoms with van der Waals surface area (Å²) in [5, 5.41) is 8.82. The van der Waals surface area contributed by atoms with Gasteiger partial charge >= 0.3 is 0 Å². The summed E-state index contributed by atoms with van der Waals surface area (Å²) in [6, 6.07) is 0. The molecule has 110 valence electrons. The number of aliphatic hydroxyl groups is 1. The van der Waals surface area contributed by atoms with Crippen LogP contribution in [0.1, 0.15) is 53.4 Å². The molecular formula is C17H30O2. The quantitative estimate of drug-likeness (QED) is 0.593. The van der Waals surface area contributed by atoms with Gasteiger partial charge in [-0.25, -0.2) is 0 Å². The van der Waals surface area contributed by atoms with Gasteiger partial charge in [-0.2, -0.15) is 0 Å². The lowest BCUT2D eigenvalue weighted by molar-refractivity contribution is 0.0733. The van der Waals surface area contributed by atoms with Gasteiger partial charge in [0, 0.05) is 0 Å². The van der Waals surface area contributed by atoms with Gasteiger partial charge in [-0.3, -0.25) is 0 Å². The Morgan fingerprint density at radius 1 is 1.21 bits per heavy atom. The Morgan fingerprint density at radius 2 is 1.89 bits per heavy atom. The highest BCUT2D eigenvalue weighted by molar-refractivity contribution is 5.02. The number of ether oxygens (including phenoxy) is 1. The van der Waals surface area contributed by atoms with E-state index in [9.17, 15) is 0 Å². The molecule has 0 bridgehead atoms. The number of allylic oxidation sites excluding steroid dienone is 4. The summed E-state index contributed by atoms with van der Waals surface area (Å²) in [6.45, 7) is 12.7. The molecule has 1 N–H and O–H groups in total. The summed E-state index contributed by atoms with van der Waals surface area (Å²) in [7, 11) is 0. The summed E-state index contributed by atoms with van der Waals surface area (Å²) in [4.78, 5) is 0. The Hall–Kier alpha value is -0.860. The molecule has 1 atom stereocenters. The topological polar surface area (TPSA) is 29.5 Å². The molecule has 0 rings (SSSR count). The molecule has 0 aromatic rings. The molecular weight excluding hydrogens is 236 g/mol. The lowest BCUT2D eigenvalue weighted by Gasteiger charge is -2.12. The van der Waals surface area contributed by atoms with Crippen LogP contribution in [0.2, 0.25) is 0 Å². The third-order valence-corrected chi connectivity index (χ3v) is 2.95. The van der Waals surface area contributed by atoms with Crippen LogP contribution in [0.3, 0.4) is 0 Å². The highest BCUT2D eigenvalue weighted by Crippen LogP contribution is 2.10. The van der Waals surface area contributed by atoms with Gasteiger partial charge < -0.3 is 9.84 Å². The molecule has 19 heavy (non-hydrogen) atoms. The van der Waals surface area contributed by atoms with Crippen molar-refractivity contribution in [3.63, 3.8) is 0 Å². The van der Waals surface area contributed by atoms with Crippen molar-refractivity contribution in [2.75, 3.05) is 13.2 Å². The van der Waals surface area contributed by atoms with Crippen LogP contribution in [0.5, 0.6) is 0 Å². The van der Waals surface area contributed by atoms with Gasteiger partial charge in [0.1, 0.15) is 0 Å². The van der Waals surface area contributed by atoms with Gasteiger partial charge in [0.05, 0.1) is 19.3 Å². The van der Waals surface area contributed by atoms with E-state index in [-0.39, 0.29) is 12.7 Å². The van der Waals surface area contributed by atoms with E-state index < -0.39 is 0 Å². The lowest BCUT2D eigenvalue weighted by atomic mass is 10.1. The maximum absolute atomic E-state index is 8.82. The zero-order valence-electron chi connectivity index (χ0n) is 13.0. The molecule has 0 saturated carbocycles. The summed E-state index contributed by atoms with van der Waals surface area (Å²) in [5.41, 5.74) is 3.57. The highest BCUT2D eigenvalue weighted by Gasteiger charge is 2.02. The molecule has 0 amide bonds. The molecule has 0 aliphatic rings. The maximum atomic E-state index is 8.82. The predicted octanol–water partition coefficient (Wildman–Crippen LogP) is 4.41. The monoisotopic (exact) mass is 266 g/mol. The lowest BCUT2D eigenvalue weighted by Crippen LogP contribution is -2.11. The molecule has 0 saturated heterocycles. The van der Waals surface area contributed by atoms with E-state index in [0.717, 1.165) is 31.3 Å². The molecule has 0 aliphatic carbocycles. The predicted molar refractivity (Wildman–Crippen MR) is 83.3 cm³/mol. The van der Waals surface area contributed by atoms with E-state index >= 15 is 0 Å². The largest absolute Gasteiger partial charge is 0.392 e. The second kappa shape index (κ2) is 11.0. The highest BCUT2D eigenvalue weighted by atomic mass is 16.5. The van der Waals surface area contributed by atoms with Crippen molar-refractivity contribution in [3.8, 4) is 0 Å². The smallest absolute Gasteiger partial charge is 0.0699 e. The molecule has 0 heterocycles. The van der Waals surface area contributed by atoms with E-state index in [4.69, 9.17) is 9.84 Å². The van der Waals surface area contributed by atoms with Gasteiger partial charge in [-0.1, -0.05) is 29.9 Å². The van der Waals surface area contributed by atoms with Crippen molar-refractivity contribution >= 4 is 0 Å². The number of rotatable bonds is 10. The first-order valence-electron chi connectivity index (χ1n) is 7.13. The minimum atomic E-state index is 0.0100. The fraction of sp³-hybridized carbons (Fsp3) is 0.647. The third-order valence-electron chi connectivity index (χ3n) is 2.95.